The molecular weight excluding hydrogens is 324 g/mol. The van der Waals surface area contributed by atoms with Crippen LogP contribution in [0.5, 0.6) is 5.75 Å². The zero-order valence-corrected chi connectivity index (χ0v) is 14.4. The van der Waals surface area contributed by atoms with E-state index in [9.17, 15) is 10.1 Å². The fourth-order valence-electron chi connectivity index (χ4n) is 2.11. The van der Waals surface area contributed by atoms with Crippen LogP contribution in [0.2, 0.25) is 5.02 Å². The van der Waals surface area contributed by atoms with Gasteiger partial charge in [-0.05, 0) is 60.9 Å². The predicted octanol–water partition coefficient (Wildman–Crippen LogP) is 4.51. The summed E-state index contributed by atoms with van der Waals surface area (Å²) >= 11 is 6.06. The standard InChI is InChI=1S/C19H17ClN2O2/c1-12-4-6-16(8-13(12)2)22-19(23)15(11-21)9-14-5-7-18(24-3)17(20)10-14/h4-10H,1-3H3,(H,22,23). The highest BCUT2D eigenvalue weighted by atomic mass is 35.5. The first-order valence-electron chi connectivity index (χ1n) is 7.28. The van der Waals surface area contributed by atoms with E-state index in [1.54, 1.807) is 24.3 Å². The molecule has 4 nitrogen and oxygen atoms in total. The van der Waals surface area contributed by atoms with E-state index in [2.05, 4.69) is 5.32 Å². The summed E-state index contributed by atoms with van der Waals surface area (Å²) in [4.78, 5) is 12.3. The highest BCUT2D eigenvalue weighted by Gasteiger charge is 2.11. The van der Waals surface area contributed by atoms with Crippen molar-refractivity contribution in [1.29, 1.82) is 5.26 Å². The highest BCUT2D eigenvalue weighted by Crippen LogP contribution is 2.26. The van der Waals surface area contributed by atoms with E-state index >= 15 is 0 Å². The number of nitriles is 1. The number of anilines is 1. The molecule has 2 rings (SSSR count). The molecule has 2 aromatic rings. The van der Waals surface area contributed by atoms with Gasteiger partial charge in [0.15, 0.2) is 0 Å². The number of carbonyl (C=O) groups excluding carboxylic acids is 1. The van der Waals surface area contributed by atoms with E-state index in [1.807, 2.05) is 32.0 Å². The van der Waals surface area contributed by atoms with Crippen molar-refractivity contribution in [3.05, 3.63) is 63.7 Å². The van der Waals surface area contributed by atoms with Crippen LogP contribution < -0.4 is 10.1 Å². The van der Waals surface area contributed by atoms with Gasteiger partial charge >= 0.3 is 0 Å². The third kappa shape index (κ3) is 4.15. The van der Waals surface area contributed by atoms with Gasteiger partial charge in [0.2, 0.25) is 0 Å². The number of hydrogen-bond acceptors (Lipinski definition) is 3. The molecule has 0 aliphatic rings. The van der Waals surface area contributed by atoms with Crippen LogP contribution in [0.15, 0.2) is 42.0 Å². The fourth-order valence-corrected chi connectivity index (χ4v) is 2.37. The van der Waals surface area contributed by atoms with E-state index in [-0.39, 0.29) is 5.57 Å². The smallest absolute Gasteiger partial charge is 0.266 e. The van der Waals surface area contributed by atoms with Crippen LogP contribution in [0, 0.1) is 25.2 Å². The van der Waals surface area contributed by atoms with Gasteiger partial charge in [0.1, 0.15) is 17.4 Å². The van der Waals surface area contributed by atoms with Gasteiger partial charge in [0, 0.05) is 5.69 Å². The molecule has 0 aliphatic carbocycles. The number of carbonyl (C=O) groups is 1. The molecule has 24 heavy (non-hydrogen) atoms. The maximum atomic E-state index is 12.3. The first-order chi connectivity index (χ1) is 11.4. The van der Waals surface area contributed by atoms with E-state index in [4.69, 9.17) is 16.3 Å². The zero-order chi connectivity index (χ0) is 17.7. The van der Waals surface area contributed by atoms with Crippen molar-refractivity contribution < 1.29 is 9.53 Å². The van der Waals surface area contributed by atoms with Gasteiger partial charge in [-0.15, -0.1) is 0 Å². The van der Waals surface area contributed by atoms with Gasteiger partial charge in [-0.3, -0.25) is 4.79 Å². The number of nitrogens with zero attached hydrogens (tertiary/aromatic N) is 1. The van der Waals surface area contributed by atoms with Crippen molar-refractivity contribution >= 4 is 29.3 Å². The van der Waals surface area contributed by atoms with Crippen LogP contribution in [0.4, 0.5) is 5.69 Å². The minimum absolute atomic E-state index is 0.00513. The Labute approximate surface area is 146 Å². The summed E-state index contributed by atoms with van der Waals surface area (Å²) in [7, 11) is 1.52. The van der Waals surface area contributed by atoms with E-state index in [0.717, 1.165) is 11.1 Å². The topological polar surface area (TPSA) is 62.1 Å². The van der Waals surface area contributed by atoms with Crippen molar-refractivity contribution in [2.75, 3.05) is 12.4 Å². The maximum Gasteiger partial charge on any atom is 0.266 e. The zero-order valence-electron chi connectivity index (χ0n) is 13.7. The molecular formula is C19H17ClN2O2. The van der Waals surface area contributed by atoms with Crippen molar-refractivity contribution in [1.82, 2.24) is 0 Å². The molecule has 0 saturated carbocycles. The third-order valence-electron chi connectivity index (χ3n) is 3.62. The molecule has 0 atom stereocenters. The van der Waals surface area contributed by atoms with Gasteiger partial charge in [-0.2, -0.15) is 5.26 Å². The highest BCUT2D eigenvalue weighted by molar-refractivity contribution is 6.32. The number of ether oxygens (including phenoxy) is 1. The molecule has 0 radical (unpaired) electrons. The van der Waals surface area contributed by atoms with Crippen molar-refractivity contribution in [2.24, 2.45) is 0 Å². The molecule has 0 spiro atoms. The summed E-state index contributed by atoms with van der Waals surface area (Å²) in [5.41, 5.74) is 3.49. The quantitative estimate of drug-likeness (QED) is 0.658. The largest absolute Gasteiger partial charge is 0.495 e. The Hall–Kier alpha value is -2.77. The Kier molecular flexibility index (Phi) is 5.62. The normalized spacial score (nSPS) is 10.9. The molecule has 2 aromatic carbocycles. The van der Waals surface area contributed by atoms with Crippen LogP contribution >= 0.6 is 11.6 Å². The first-order valence-corrected chi connectivity index (χ1v) is 7.66. The van der Waals surface area contributed by atoms with Crippen LogP contribution in [0.3, 0.4) is 0 Å². The van der Waals surface area contributed by atoms with Gasteiger partial charge in [-0.1, -0.05) is 23.7 Å². The summed E-state index contributed by atoms with van der Waals surface area (Å²) in [6.07, 6.45) is 1.49. The Balaban J connectivity index is 2.23. The van der Waals surface area contributed by atoms with Gasteiger partial charge < -0.3 is 10.1 Å². The second-order valence-electron chi connectivity index (χ2n) is 5.32. The van der Waals surface area contributed by atoms with E-state index in [1.165, 1.54) is 13.2 Å². The van der Waals surface area contributed by atoms with E-state index in [0.29, 0.717) is 22.0 Å². The molecule has 0 saturated heterocycles. The summed E-state index contributed by atoms with van der Waals surface area (Å²) in [6.45, 7) is 3.96. The maximum absolute atomic E-state index is 12.3. The van der Waals surface area contributed by atoms with Gasteiger partial charge in [-0.25, -0.2) is 0 Å². The van der Waals surface area contributed by atoms with Crippen LogP contribution in [0.1, 0.15) is 16.7 Å². The van der Waals surface area contributed by atoms with Gasteiger partial charge in [0.25, 0.3) is 5.91 Å². The minimum Gasteiger partial charge on any atom is -0.495 e. The molecule has 122 valence electrons. The summed E-state index contributed by atoms with van der Waals surface area (Å²) in [5, 5.41) is 12.4. The Morgan fingerprint density at radius 3 is 2.54 bits per heavy atom. The number of amides is 1. The summed E-state index contributed by atoms with van der Waals surface area (Å²) < 4.78 is 5.08. The number of nitrogens with one attached hydrogen (secondary N) is 1. The van der Waals surface area contributed by atoms with Gasteiger partial charge in [0.05, 0.1) is 12.1 Å². The molecule has 0 aliphatic heterocycles. The van der Waals surface area contributed by atoms with E-state index < -0.39 is 5.91 Å². The molecule has 0 heterocycles. The molecule has 0 fully saturated rings. The molecule has 5 heteroatoms. The summed E-state index contributed by atoms with van der Waals surface area (Å²) in [6, 6.07) is 12.6. The monoisotopic (exact) mass is 340 g/mol. The number of aryl methyl sites for hydroxylation is 2. The van der Waals surface area contributed by atoms with Crippen molar-refractivity contribution in [2.45, 2.75) is 13.8 Å². The second kappa shape index (κ2) is 7.67. The molecule has 0 aromatic heterocycles. The lowest BCUT2D eigenvalue weighted by molar-refractivity contribution is -0.112. The van der Waals surface area contributed by atoms with Crippen LogP contribution in [0.25, 0.3) is 6.08 Å². The molecule has 1 amide bonds. The lowest BCUT2D eigenvalue weighted by Gasteiger charge is -2.07. The Bertz CT molecular complexity index is 851. The van der Waals surface area contributed by atoms with Crippen molar-refractivity contribution in [3.63, 3.8) is 0 Å². The Morgan fingerprint density at radius 2 is 1.96 bits per heavy atom. The lowest BCUT2D eigenvalue weighted by Crippen LogP contribution is -2.13. The minimum atomic E-state index is -0.465. The number of rotatable bonds is 4. The second-order valence-corrected chi connectivity index (χ2v) is 5.72. The number of hydrogen-bond donors (Lipinski definition) is 1. The third-order valence-corrected chi connectivity index (χ3v) is 3.91. The molecule has 1 N–H and O–H groups in total. The molecule has 0 bridgehead atoms. The summed E-state index contributed by atoms with van der Waals surface area (Å²) in [5.74, 6) is 0.0691. The Morgan fingerprint density at radius 1 is 1.21 bits per heavy atom. The lowest BCUT2D eigenvalue weighted by atomic mass is 10.1. The van der Waals surface area contributed by atoms with Crippen LogP contribution in [-0.4, -0.2) is 13.0 Å². The fraction of sp³-hybridized carbons (Fsp3) is 0.158. The van der Waals surface area contributed by atoms with Crippen molar-refractivity contribution in [3.8, 4) is 11.8 Å². The average Bonchev–Trinajstić information content (AvgIpc) is 2.56. The molecule has 0 unspecified atom stereocenters. The number of benzene rings is 2. The average molecular weight is 341 g/mol. The predicted molar refractivity (Wildman–Crippen MR) is 96.1 cm³/mol. The first kappa shape index (κ1) is 17.6. The number of methoxy groups -OCH3 is 1. The van der Waals surface area contributed by atoms with Crippen LogP contribution in [-0.2, 0) is 4.79 Å². The number of halogens is 1. The SMILES string of the molecule is COc1ccc(C=C(C#N)C(=O)Nc2ccc(C)c(C)c2)cc1Cl.